The fourth-order valence-corrected chi connectivity index (χ4v) is 6.79. The van der Waals surface area contributed by atoms with Crippen molar-refractivity contribution in [1.82, 2.24) is 25.5 Å². The van der Waals surface area contributed by atoms with E-state index < -0.39 is 35.5 Å². The maximum atomic E-state index is 15.2. The van der Waals surface area contributed by atoms with Crippen molar-refractivity contribution < 1.29 is 33.2 Å². The van der Waals surface area contributed by atoms with Gasteiger partial charge in [0.2, 0.25) is 23.6 Å². The molecule has 0 spiro atoms. The van der Waals surface area contributed by atoms with Crippen molar-refractivity contribution in [3.8, 4) is 11.1 Å². The highest BCUT2D eigenvalue weighted by Crippen LogP contribution is 2.36. The maximum Gasteiger partial charge on any atom is 0.264 e. The third kappa shape index (κ3) is 8.37. The number of piperidine rings is 1. The highest BCUT2D eigenvalue weighted by Gasteiger charge is 2.45. The van der Waals surface area contributed by atoms with E-state index in [1.165, 1.54) is 18.6 Å². The second-order valence-corrected chi connectivity index (χ2v) is 13.6. The fraction of sp³-hybridized carbons (Fsp3) is 0.333. The van der Waals surface area contributed by atoms with E-state index >= 15 is 4.39 Å². The van der Waals surface area contributed by atoms with Gasteiger partial charge < -0.3 is 27.4 Å². The number of imide groups is 2. The van der Waals surface area contributed by atoms with Crippen molar-refractivity contribution in [2.24, 2.45) is 0 Å². The first-order chi connectivity index (χ1) is 26.4. The van der Waals surface area contributed by atoms with Crippen LogP contribution in [0.3, 0.4) is 0 Å². The van der Waals surface area contributed by atoms with Gasteiger partial charge in [-0.15, -0.1) is 0 Å². The molecule has 286 valence electrons. The molecule has 2 aromatic carbocycles. The van der Waals surface area contributed by atoms with Crippen molar-refractivity contribution in [3.63, 3.8) is 0 Å². The van der Waals surface area contributed by atoms with E-state index in [1.807, 2.05) is 0 Å². The Kier molecular flexibility index (Phi) is 11.6. The summed E-state index contributed by atoms with van der Waals surface area (Å²) in [4.78, 5) is 84.4. The summed E-state index contributed by atoms with van der Waals surface area (Å²) in [6, 6.07) is 7.16. The molecule has 6 rings (SSSR count). The summed E-state index contributed by atoms with van der Waals surface area (Å²) < 4.78 is 15.2. The Balaban J connectivity index is 0.878. The van der Waals surface area contributed by atoms with Crippen LogP contribution in [-0.2, 0) is 19.2 Å². The third-order valence-corrected chi connectivity index (χ3v) is 9.83. The zero-order chi connectivity index (χ0) is 39.2. The van der Waals surface area contributed by atoms with Gasteiger partial charge in [-0.05, 0) is 67.8 Å². The Morgan fingerprint density at radius 1 is 0.909 bits per heavy atom. The molecule has 15 nitrogen and oxygen atoms in total. The van der Waals surface area contributed by atoms with Crippen molar-refractivity contribution in [2.75, 3.05) is 35.2 Å². The molecule has 2 aliphatic rings. The smallest absolute Gasteiger partial charge is 0.264 e. The molecule has 1 fully saturated rings. The predicted molar refractivity (Wildman–Crippen MR) is 204 cm³/mol. The first kappa shape index (κ1) is 38.3. The Morgan fingerprint density at radius 2 is 1.67 bits per heavy atom. The van der Waals surface area contributed by atoms with Crippen LogP contribution in [0.4, 0.5) is 27.3 Å². The molecule has 16 heteroatoms. The second-order valence-electron chi connectivity index (χ2n) is 13.6. The number of nitrogens with two attached hydrogens (primary N) is 2. The SMILES string of the molecule is Cc1c(N)cncc1-c1cc2cc(NC(=O)CCCC(=O)NCCCCCCNc3cccc4c3C(=O)N(C3CCC(=O)NC3=O)C4=O)ncc2c(N)c1F. The minimum Gasteiger partial charge on any atom is -0.397 e. The molecule has 2 aliphatic heterocycles. The lowest BCUT2D eigenvalue weighted by Gasteiger charge is -2.27. The molecule has 0 saturated carbocycles. The highest BCUT2D eigenvalue weighted by molar-refractivity contribution is 6.25. The molecule has 1 atom stereocenters. The van der Waals surface area contributed by atoms with Gasteiger partial charge in [0.15, 0.2) is 5.82 Å². The van der Waals surface area contributed by atoms with Crippen LogP contribution in [0, 0.1) is 12.7 Å². The second kappa shape index (κ2) is 16.7. The summed E-state index contributed by atoms with van der Waals surface area (Å²) in [5, 5.41) is 12.0. The van der Waals surface area contributed by atoms with Gasteiger partial charge in [-0.2, -0.15) is 0 Å². The van der Waals surface area contributed by atoms with Gasteiger partial charge in [0.1, 0.15) is 11.9 Å². The minimum absolute atomic E-state index is 0.0549. The van der Waals surface area contributed by atoms with E-state index in [4.69, 9.17) is 11.5 Å². The number of halogens is 1. The number of hydrogen-bond donors (Lipinski definition) is 6. The van der Waals surface area contributed by atoms with Gasteiger partial charge in [0.25, 0.3) is 11.8 Å². The van der Waals surface area contributed by atoms with Gasteiger partial charge in [0, 0.05) is 66.9 Å². The molecule has 1 saturated heterocycles. The lowest BCUT2D eigenvalue weighted by molar-refractivity contribution is -0.136. The molecule has 0 aliphatic carbocycles. The van der Waals surface area contributed by atoms with Crippen LogP contribution in [0.25, 0.3) is 21.9 Å². The third-order valence-electron chi connectivity index (χ3n) is 9.83. The van der Waals surface area contributed by atoms with Gasteiger partial charge >= 0.3 is 0 Å². The van der Waals surface area contributed by atoms with E-state index in [0.29, 0.717) is 52.8 Å². The van der Waals surface area contributed by atoms with Crippen LogP contribution in [0.2, 0.25) is 0 Å². The first-order valence-corrected chi connectivity index (χ1v) is 18.2. The number of hydrogen-bond acceptors (Lipinski definition) is 11. The average Bonchev–Trinajstić information content (AvgIpc) is 3.41. The molecule has 8 N–H and O–H groups in total. The van der Waals surface area contributed by atoms with Gasteiger partial charge in [-0.1, -0.05) is 18.9 Å². The number of unbranched alkanes of at least 4 members (excludes halogenated alkanes) is 3. The van der Waals surface area contributed by atoms with E-state index in [0.717, 1.165) is 30.6 Å². The number of pyridine rings is 2. The lowest BCUT2D eigenvalue weighted by atomic mass is 9.97. The summed E-state index contributed by atoms with van der Waals surface area (Å²) >= 11 is 0. The summed E-state index contributed by atoms with van der Waals surface area (Å²) in [6.45, 7) is 2.81. The number of aromatic nitrogens is 2. The number of nitrogens with zero attached hydrogens (tertiary/aromatic N) is 3. The highest BCUT2D eigenvalue weighted by atomic mass is 19.1. The summed E-state index contributed by atoms with van der Waals surface area (Å²) in [5.41, 5.74) is 14.8. The molecule has 55 heavy (non-hydrogen) atoms. The number of benzene rings is 2. The topological polar surface area (TPSA) is 232 Å². The van der Waals surface area contributed by atoms with Crippen LogP contribution in [0.15, 0.2) is 48.9 Å². The molecule has 2 aromatic heterocycles. The summed E-state index contributed by atoms with van der Waals surface area (Å²) in [6.07, 6.45) is 8.44. The molecule has 4 aromatic rings. The summed E-state index contributed by atoms with van der Waals surface area (Å²) in [7, 11) is 0. The van der Waals surface area contributed by atoms with E-state index in [-0.39, 0.29) is 65.7 Å². The average molecular weight is 752 g/mol. The van der Waals surface area contributed by atoms with Crippen molar-refractivity contribution >= 4 is 69.1 Å². The van der Waals surface area contributed by atoms with Crippen LogP contribution in [0.5, 0.6) is 0 Å². The van der Waals surface area contributed by atoms with E-state index in [9.17, 15) is 28.8 Å². The number of carbonyl (C=O) groups is 6. The van der Waals surface area contributed by atoms with E-state index in [2.05, 4.69) is 31.2 Å². The maximum absolute atomic E-state index is 15.2. The molecular weight excluding hydrogens is 709 g/mol. The Hall–Kier alpha value is -6.45. The standard InChI is InChI=1S/C39H42FN9O6/c1-21-25(18-43-20-27(21)41)24-16-22-17-30(46-19-26(22)36(42)35(24)40)47-32(51)11-7-10-31(50)45-15-5-3-2-4-14-44-28-9-6-8-23-34(28)39(55)49(38(23)54)29-12-13-33(52)48-37(29)53/h6,8-9,16-20,29,44H,2-5,7,10-15,41-42H2,1H3,(H,45,50)(H,46,47,51)(H,48,52,53). The molecule has 0 bridgehead atoms. The van der Waals surface area contributed by atoms with Gasteiger partial charge in [0.05, 0.1) is 28.7 Å². The largest absolute Gasteiger partial charge is 0.397 e. The Labute approximate surface area is 315 Å². The number of nitrogens with one attached hydrogen (secondary N) is 4. The first-order valence-electron chi connectivity index (χ1n) is 18.2. The van der Waals surface area contributed by atoms with Crippen LogP contribution >= 0.6 is 0 Å². The molecule has 0 radical (unpaired) electrons. The Bertz CT molecular complexity index is 2210. The van der Waals surface area contributed by atoms with Gasteiger partial charge in [-0.3, -0.25) is 44.0 Å². The number of amides is 6. The fourth-order valence-electron chi connectivity index (χ4n) is 6.79. The zero-order valence-electron chi connectivity index (χ0n) is 30.3. The number of anilines is 4. The van der Waals surface area contributed by atoms with Crippen LogP contribution in [-0.4, -0.2) is 69.4 Å². The number of nitrogen functional groups attached to an aromatic ring is 2. The number of carbonyl (C=O) groups excluding carboxylic acids is 6. The predicted octanol–water partition coefficient (Wildman–Crippen LogP) is 4.21. The lowest BCUT2D eigenvalue weighted by Crippen LogP contribution is -2.54. The van der Waals surface area contributed by atoms with Crippen molar-refractivity contribution in [3.05, 3.63) is 71.4 Å². The molecular formula is C39H42FN9O6. The monoisotopic (exact) mass is 751 g/mol. The van der Waals surface area contributed by atoms with Crippen molar-refractivity contribution in [2.45, 2.75) is 70.8 Å². The van der Waals surface area contributed by atoms with Crippen LogP contribution in [0.1, 0.15) is 84.1 Å². The Morgan fingerprint density at radius 3 is 2.45 bits per heavy atom. The zero-order valence-corrected chi connectivity index (χ0v) is 30.3. The van der Waals surface area contributed by atoms with E-state index in [1.54, 1.807) is 37.3 Å². The number of fused-ring (bicyclic) bond motifs is 2. The molecule has 1 unspecified atom stereocenters. The molecule has 4 heterocycles. The van der Waals surface area contributed by atoms with Crippen molar-refractivity contribution in [1.29, 1.82) is 0 Å². The number of rotatable bonds is 15. The minimum atomic E-state index is -1.02. The quantitative estimate of drug-likeness (QED) is 0.0572. The summed E-state index contributed by atoms with van der Waals surface area (Å²) in [5.74, 6) is -3.00. The molecule has 6 amide bonds. The normalized spacial score (nSPS) is 15.2. The van der Waals surface area contributed by atoms with Crippen LogP contribution < -0.4 is 32.7 Å². The van der Waals surface area contributed by atoms with Gasteiger partial charge in [-0.25, -0.2) is 9.37 Å².